The first-order valence-corrected chi connectivity index (χ1v) is 6.78. The lowest BCUT2D eigenvalue weighted by molar-refractivity contribution is -0.946. The second-order valence-electron chi connectivity index (χ2n) is 5.16. The number of quaternary nitrogens is 1. The molecule has 0 saturated carbocycles. The maximum absolute atomic E-state index is 5.78. The Balaban J connectivity index is 0.00000112. The molecule has 3 heteroatoms. The summed E-state index contributed by atoms with van der Waals surface area (Å²) < 4.78 is 0. The number of halogens is 2. The van der Waals surface area contributed by atoms with E-state index in [-0.39, 0.29) is 12.4 Å². The summed E-state index contributed by atoms with van der Waals surface area (Å²) >= 11 is 5.78. The van der Waals surface area contributed by atoms with Crippen LogP contribution in [0.4, 0.5) is 0 Å². The molecule has 2 rings (SSSR count). The fourth-order valence-corrected chi connectivity index (χ4v) is 3.71. The van der Waals surface area contributed by atoms with E-state index in [0.717, 1.165) is 23.9 Å². The van der Waals surface area contributed by atoms with Gasteiger partial charge < -0.3 is 17.3 Å². The van der Waals surface area contributed by atoms with Crippen molar-refractivity contribution in [3.05, 3.63) is 0 Å². The van der Waals surface area contributed by atoms with Crippen molar-refractivity contribution in [1.82, 2.24) is 0 Å². The molecule has 1 unspecified atom stereocenters. The van der Waals surface area contributed by atoms with E-state index in [9.17, 15) is 0 Å². The predicted molar refractivity (Wildman–Crippen MR) is 61.0 cm³/mol. The van der Waals surface area contributed by atoms with E-state index in [1.807, 2.05) is 4.90 Å². The number of fused-ring (bicyclic) bond motifs is 1. The van der Waals surface area contributed by atoms with E-state index in [1.165, 1.54) is 45.1 Å². The molecular weight excluding hydrogens is 229 g/mol. The Morgan fingerprint density at radius 1 is 1.27 bits per heavy atom. The van der Waals surface area contributed by atoms with Crippen molar-refractivity contribution in [3.8, 4) is 0 Å². The fourth-order valence-electron chi connectivity index (χ4n) is 3.56. The predicted octanol–water partition coefficient (Wildman–Crippen LogP) is -1.14. The highest BCUT2D eigenvalue weighted by Gasteiger charge is 2.41. The van der Waals surface area contributed by atoms with Crippen LogP contribution in [-0.2, 0) is 0 Å². The Labute approximate surface area is 105 Å². The van der Waals surface area contributed by atoms with E-state index in [1.54, 1.807) is 0 Å². The van der Waals surface area contributed by atoms with Crippen LogP contribution < -0.4 is 17.3 Å². The monoisotopic (exact) mass is 251 g/mol. The minimum atomic E-state index is 0. The van der Waals surface area contributed by atoms with Gasteiger partial charge in [0, 0.05) is 31.1 Å². The summed E-state index contributed by atoms with van der Waals surface area (Å²) in [6, 6.07) is 1.93. The van der Waals surface area contributed by atoms with Crippen LogP contribution in [0, 0.1) is 5.92 Å². The summed E-state index contributed by atoms with van der Waals surface area (Å²) in [5.74, 6) is 1.82. The van der Waals surface area contributed by atoms with Gasteiger partial charge in [-0.2, -0.15) is 0 Å². The van der Waals surface area contributed by atoms with Gasteiger partial charge >= 0.3 is 0 Å². The number of hydrogen-bond donors (Lipinski definition) is 1. The maximum atomic E-state index is 5.78. The molecule has 2 fully saturated rings. The molecule has 0 aromatic carbocycles. The Morgan fingerprint density at radius 2 is 2.07 bits per heavy atom. The molecule has 90 valence electrons. The first-order chi connectivity index (χ1) is 6.83. The molecule has 2 aliphatic heterocycles. The summed E-state index contributed by atoms with van der Waals surface area (Å²) in [6.45, 7) is 3.88. The Bertz CT molecular complexity index is 184. The van der Waals surface area contributed by atoms with Crippen molar-refractivity contribution >= 4 is 11.6 Å². The average Bonchev–Trinajstić information content (AvgIpc) is 2.66. The van der Waals surface area contributed by atoms with Crippen LogP contribution in [0.25, 0.3) is 0 Å². The molecule has 0 aromatic heterocycles. The highest BCUT2D eigenvalue weighted by Crippen LogP contribution is 2.23. The van der Waals surface area contributed by atoms with E-state index < -0.39 is 0 Å². The third-order valence-corrected chi connectivity index (χ3v) is 4.59. The van der Waals surface area contributed by atoms with Crippen molar-refractivity contribution in [2.75, 3.05) is 12.4 Å². The van der Waals surface area contributed by atoms with Crippen molar-refractivity contribution < 1.29 is 17.3 Å². The number of alkyl halides is 1. The van der Waals surface area contributed by atoms with Gasteiger partial charge in [0.15, 0.2) is 0 Å². The highest BCUT2D eigenvalue weighted by atomic mass is 35.5. The molecular formula is C12H23Cl2N. The zero-order valence-electron chi connectivity index (χ0n) is 9.64. The quantitative estimate of drug-likeness (QED) is 0.605. The maximum Gasteiger partial charge on any atom is 0.0904 e. The van der Waals surface area contributed by atoms with E-state index >= 15 is 0 Å². The molecule has 0 radical (unpaired) electrons. The van der Waals surface area contributed by atoms with Gasteiger partial charge in [-0.1, -0.05) is 6.92 Å². The van der Waals surface area contributed by atoms with Crippen LogP contribution in [0.3, 0.4) is 0 Å². The average molecular weight is 252 g/mol. The molecule has 0 aliphatic carbocycles. The smallest absolute Gasteiger partial charge is 0.0904 e. The van der Waals surface area contributed by atoms with Crippen LogP contribution in [0.2, 0.25) is 0 Å². The summed E-state index contributed by atoms with van der Waals surface area (Å²) in [4.78, 5) is 1.92. The fraction of sp³-hybridized carbons (Fsp3) is 1.00. The van der Waals surface area contributed by atoms with Crippen LogP contribution in [0.15, 0.2) is 0 Å². The molecule has 15 heavy (non-hydrogen) atoms. The SMILES string of the molecule is C[C@@H]1CC[C@@H](CCCCl)[NH+]2CCC[C@@H]12.[Cl-]. The molecule has 1 N–H and O–H groups in total. The van der Waals surface area contributed by atoms with Crippen molar-refractivity contribution in [1.29, 1.82) is 0 Å². The topological polar surface area (TPSA) is 4.44 Å². The van der Waals surface area contributed by atoms with Gasteiger partial charge in [0.25, 0.3) is 0 Å². The van der Waals surface area contributed by atoms with Gasteiger partial charge in [-0.15, -0.1) is 11.6 Å². The molecule has 0 spiro atoms. The van der Waals surface area contributed by atoms with Crippen molar-refractivity contribution in [2.45, 2.75) is 57.5 Å². The van der Waals surface area contributed by atoms with Crippen LogP contribution in [-0.4, -0.2) is 24.5 Å². The molecule has 2 heterocycles. The summed E-state index contributed by atoms with van der Waals surface area (Å²) in [7, 11) is 0. The number of hydrogen-bond acceptors (Lipinski definition) is 0. The number of piperidine rings is 1. The lowest BCUT2D eigenvalue weighted by Crippen LogP contribution is -3.18. The van der Waals surface area contributed by atoms with Crippen LogP contribution in [0.1, 0.15) is 45.4 Å². The van der Waals surface area contributed by atoms with Gasteiger partial charge in [-0.3, -0.25) is 0 Å². The highest BCUT2D eigenvalue weighted by molar-refractivity contribution is 6.17. The Hall–Kier alpha value is 0.540. The summed E-state index contributed by atoms with van der Waals surface area (Å²) in [6.07, 6.45) is 8.43. The second-order valence-corrected chi connectivity index (χ2v) is 5.53. The molecule has 1 nitrogen and oxygen atoms in total. The molecule has 2 saturated heterocycles. The minimum Gasteiger partial charge on any atom is -1.00 e. The third kappa shape index (κ3) is 3.01. The first-order valence-electron chi connectivity index (χ1n) is 6.24. The molecule has 0 bridgehead atoms. The molecule has 0 aromatic rings. The van der Waals surface area contributed by atoms with Crippen LogP contribution in [0.5, 0.6) is 0 Å². The van der Waals surface area contributed by atoms with Gasteiger partial charge in [-0.25, -0.2) is 0 Å². The normalized spacial score (nSPS) is 39.6. The minimum absolute atomic E-state index is 0. The summed E-state index contributed by atoms with van der Waals surface area (Å²) in [5.41, 5.74) is 0. The Morgan fingerprint density at radius 3 is 2.80 bits per heavy atom. The number of nitrogens with one attached hydrogen (secondary N) is 1. The lowest BCUT2D eigenvalue weighted by Gasteiger charge is -2.38. The molecule has 2 aliphatic rings. The van der Waals surface area contributed by atoms with Crippen LogP contribution >= 0.6 is 11.6 Å². The summed E-state index contributed by atoms with van der Waals surface area (Å²) in [5, 5.41) is 0. The van der Waals surface area contributed by atoms with Crippen molar-refractivity contribution in [2.24, 2.45) is 5.92 Å². The zero-order valence-corrected chi connectivity index (χ0v) is 11.2. The van der Waals surface area contributed by atoms with E-state index in [0.29, 0.717) is 0 Å². The Kier molecular flexibility index (Phi) is 5.73. The first kappa shape index (κ1) is 13.6. The zero-order chi connectivity index (χ0) is 9.97. The van der Waals surface area contributed by atoms with Crippen molar-refractivity contribution in [3.63, 3.8) is 0 Å². The van der Waals surface area contributed by atoms with E-state index in [2.05, 4.69) is 6.92 Å². The second kappa shape index (κ2) is 6.32. The van der Waals surface area contributed by atoms with Gasteiger partial charge in [0.1, 0.15) is 0 Å². The van der Waals surface area contributed by atoms with Gasteiger partial charge in [-0.05, 0) is 19.3 Å². The molecule has 4 atom stereocenters. The largest absolute Gasteiger partial charge is 1.00 e. The van der Waals surface area contributed by atoms with E-state index in [4.69, 9.17) is 11.6 Å². The van der Waals surface area contributed by atoms with Gasteiger partial charge in [0.05, 0.1) is 18.6 Å². The number of rotatable bonds is 3. The standard InChI is InChI=1S/C12H22ClN.ClH/c1-10-6-7-11(4-2-8-13)14-9-3-5-12(10)14;/h10-12H,2-9H2,1H3;1H/t10-,11-,12+;/m1./s1. The molecule has 0 amide bonds. The lowest BCUT2D eigenvalue weighted by atomic mass is 9.86. The van der Waals surface area contributed by atoms with Gasteiger partial charge in [0.2, 0.25) is 0 Å². The third-order valence-electron chi connectivity index (χ3n) is 4.32.